The van der Waals surface area contributed by atoms with E-state index in [9.17, 15) is 14.7 Å². The van der Waals surface area contributed by atoms with E-state index in [4.69, 9.17) is 4.74 Å². The Kier molecular flexibility index (Phi) is 10.9. The van der Waals surface area contributed by atoms with Crippen molar-refractivity contribution in [3.63, 3.8) is 0 Å². The summed E-state index contributed by atoms with van der Waals surface area (Å²) < 4.78 is 5.67. The van der Waals surface area contributed by atoms with Gasteiger partial charge in [-0.05, 0) is 55.6 Å². The zero-order valence-corrected chi connectivity index (χ0v) is 25.3. The molecule has 7 heteroatoms. The van der Waals surface area contributed by atoms with Crippen molar-refractivity contribution in [3.05, 3.63) is 71.8 Å². The first-order valence-electron chi connectivity index (χ1n) is 16.2. The lowest BCUT2D eigenvalue weighted by atomic mass is 9.83. The summed E-state index contributed by atoms with van der Waals surface area (Å²) in [6.07, 6.45) is 8.00. The third-order valence-corrected chi connectivity index (χ3v) is 9.96. The number of benzene rings is 2. The maximum Gasteiger partial charge on any atom is 0.410 e. The maximum atomic E-state index is 12.9. The fourth-order valence-corrected chi connectivity index (χ4v) is 7.77. The van der Waals surface area contributed by atoms with Crippen molar-refractivity contribution in [3.8, 4) is 0 Å². The first-order chi connectivity index (χ1) is 20.5. The molecule has 3 atom stereocenters. The van der Waals surface area contributed by atoms with Gasteiger partial charge in [0.15, 0.2) is 0 Å². The number of amides is 1. The molecule has 1 amide bonds. The van der Waals surface area contributed by atoms with Crippen LogP contribution in [0.4, 0.5) is 4.79 Å². The summed E-state index contributed by atoms with van der Waals surface area (Å²) in [4.78, 5) is 32.3. The van der Waals surface area contributed by atoms with Gasteiger partial charge in [-0.25, -0.2) is 4.79 Å². The van der Waals surface area contributed by atoms with Crippen LogP contribution in [0, 0.1) is 11.8 Å². The van der Waals surface area contributed by atoms with E-state index in [1.807, 2.05) is 30.0 Å². The normalized spacial score (nSPS) is 23.5. The molecule has 42 heavy (non-hydrogen) atoms. The molecule has 2 heterocycles. The van der Waals surface area contributed by atoms with Gasteiger partial charge in [0.05, 0.1) is 6.61 Å². The number of carbonyl (C=O) groups is 2. The van der Waals surface area contributed by atoms with Gasteiger partial charge in [-0.1, -0.05) is 79.9 Å². The molecule has 2 aromatic rings. The first-order valence-corrected chi connectivity index (χ1v) is 16.2. The van der Waals surface area contributed by atoms with Gasteiger partial charge >= 0.3 is 12.1 Å². The Morgan fingerprint density at radius 3 is 2.24 bits per heavy atom. The molecule has 7 nitrogen and oxygen atoms in total. The minimum absolute atomic E-state index is 0.197. The first kappa shape index (κ1) is 30.6. The second kappa shape index (κ2) is 15.0. The Morgan fingerprint density at radius 2 is 1.60 bits per heavy atom. The van der Waals surface area contributed by atoms with Crippen molar-refractivity contribution < 1.29 is 19.4 Å². The largest absolute Gasteiger partial charge is 0.480 e. The summed E-state index contributed by atoms with van der Waals surface area (Å²) in [6.45, 7) is 7.60. The van der Waals surface area contributed by atoms with Crippen LogP contribution in [0.2, 0.25) is 0 Å². The minimum atomic E-state index is -0.648. The van der Waals surface area contributed by atoms with Crippen molar-refractivity contribution in [2.45, 2.75) is 76.3 Å². The van der Waals surface area contributed by atoms with Gasteiger partial charge in [0.25, 0.3) is 0 Å². The van der Waals surface area contributed by atoms with Crippen LogP contribution in [-0.4, -0.2) is 89.8 Å². The predicted octanol–water partition coefficient (Wildman–Crippen LogP) is 5.90. The molecule has 0 bridgehead atoms. The van der Waals surface area contributed by atoms with Crippen LogP contribution in [0.1, 0.15) is 68.9 Å². The molecule has 5 rings (SSSR count). The van der Waals surface area contributed by atoms with Gasteiger partial charge in [0.1, 0.15) is 6.04 Å². The summed E-state index contributed by atoms with van der Waals surface area (Å²) in [6, 6.07) is 20.7. The number of carboxylic acids is 1. The number of aliphatic carboxylic acids is 1. The summed E-state index contributed by atoms with van der Waals surface area (Å²) in [5.74, 6) is 0.334. The lowest BCUT2D eigenvalue weighted by Gasteiger charge is -2.39. The smallest absolute Gasteiger partial charge is 0.410 e. The molecule has 1 N–H and O–H groups in total. The lowest BCUT2D eigenvalue weighted by Crippen LogP contribution is -2.49. The van der Waals surface area contributed by atoms with Gasteiger partial charge in [-0.15, -0.1) is 0 Å². The quantitative estimate of drug-likeness (QED) is 0.360. The number of nitrogens with zero attached hydrogens (tertiary/aromatic N) is 3. The van der Waals surface area contributed by atoms with Crippen LogP contribution < -0.4 is 0 Å². The second-order valence-corrected chi connectivity index (χ2v) is 12.6. The Morgan fingerprint density at radius 1 is 0.929 bits per heavy atom. The Bertz CT molecular complexity index is 1120. The molecular weight excluding hydrogens is 526 g/mol. The highest BCUT2D eigenvalue weighted by Crippen LogP contribution is 2.38. The van der Waals surface area contributed by atoms with E-state index in [1.165, 1.54) is 17.5 Å². The highest BCUT2D eigenvalue weighted by molar-refractivity contribution is 5.74. The number of rotatable bonds is 11. The van der Waals surface area contributed by atoms with Crippen molar-refractivity contribution in [1.29, 1.82) is 0 Å². The molecule has 2 aromatic carbocycles. The fraction of sp³-hybridized carbons (Fsp3) is 0.600. The number of hydrogen-bond donors (Lipinski definition) is 1. The molecule has 2 saturated heterocycles. The zero-order chi connectivity index (χ0) is 29.3. The molecule has 0 aromatic heterocycles. The van der Waals surface area contributed by atoms with Gasteiger partial charge in [-0.3, -0.25) is 9.69 Å². The number of carbonyl (C=O) groups excluding carboxylic acids is 1. The Balaban J connectivity index is 1.17. The molecule has 228 valence electrons. The topological polar surface area (TPSA) is 73.3 Å². The van der Waals surface area contributed by atoms with E-state index in [0.717, 1.165) is 77.7 Å². The van der Waals surface area contributed by atoms with Crippen LogP contribution >= 0.6 is 0 Å². The number of likely N-dealkylation sites (tertiary alicyclic amines) is 2. The number of piperidine rings is 1. The SMILES string of the molecule is CCN(C(=O)OCCc1ccccc1)C1CCN(CC2CN(C(C(=O)O)C3CCCCC3)CC2c2ccccc2)CC1. The van der Waals surface area contributed by atoms with Crippen LogP contribution in [0.3, 0.4) is 0 Å². The van der Waals surface area contributed by atoms with Crippen molar-refractivity contribution in [2.75, 3.05) is 45.9 Å². The van der Waals surface area contributed by atoms with E-state index in [0.29, 0.717) is 25.0 Å². The molecule has 0 spiro atoms. The molecule has 1 aliphatic carbocycles. The zero-order valence-electron chi connectivity index (χ0n) is 25.3. The van der Waals surface area contributed by atoms with Crippen LogP contribution in [0.5, 0.6) is 0 Å². The lowest BCUT2D eigenvalue weighted by molar-refractivity contribution is -0.145. The van der Waals surface area contributed by atoms with E-state index in [2.05, 4.69) is 52.3 Å². The predicted molar refractivity (Wildman–Crippen MR) is 166 cm³/mol. The number of hydrogen-bond acceptors (Lipinski definition) is 5. The average molecular weight is 576 g/mol. The van der Waals surface area contributed by atoms with Crippen LogP contribution in [0.15, 0.2) is 60.7 Å². The summed E-state index contributed by atoms with van der Waals surface area (Å²) in [5.41, 5.74) is 2.50. The van der Waals surface area contributed by atoms with E-state index >= 15 is 0 Å². The second-order valence-electron chi connectivity index (χ2n) is 12.6. The standard InChI is InChI=1S/C35H49N3O4/c1-2-38(35(41)42-23-20-27-12-6-3-7-13-27)31-18-21-36(22-19-31)24-30-25-37(26-32(30)28-14-8-4-9-15-28)33(34(39)40)29-16-10-5-11-17-29/h3-4,6-9,12-15,29-33H,2,5,10-11,16-26H2,1H3,(H,39,40). The number of carboxylic acid groups (broad SMARTS) is 1. The van der Waals surface area contributed by atoms with E-state index in [-0.39, 0.29) is 24.1 Å². The average Bonchev–Trinajstić information content (AvgIpc) is 3.42. The minimum Gasteiger partial charge on any atom is -0.480 e. The fourth-order valence-electron chi connectivity index (χ4n) is 7.77. The van der Waals surface area contributed by atoms with Crippen LogP contribution in [-0.2, 0) is 16.0 Å². The van der Waals surface area contributed by atoms with E-state index in [1.54, 1.807) is 0 Å². The Hall–Kier alpha value is -2.90. The summed E-state index contributed by atoms with van der Waals surface area (Å²) in [5, 5.41) is 10.3. The molecule has 3 aliphatic rings. The van der Waals surface area contributed by atoms with Crippen LogP contribution in [0.25, 0.3) is 0 Å². The summed E-state index contributed by atoms with van der Waals surface area (Å²) >= 11 is 0. The summed E-state index contributed by atoms with van der Waals surface area (Å²) in [7, 11) is 0. The van der Waals surface area contributed by atoms with Gasteiger partial charge in [-0.2, -0.15) is 0 Å². The molecule has 0 radical (unpaired) electrons. The molecule has 3 fully saturated rings. The molecule has 1 saturated carbocycles. The maximum absolute atomic E-state index is 12.9. The van der Waals surface area contributed by atoms with Crippen molar-refractivity contribution in [2.24, 2.45) is 11.8 Å². The molecule has 3 unspecified atom stereocenters. The van der Waals surface area contributed by atoms with Gasteiger partial charge in [0, 0.05) is 57.6 Å². The van der Waals surface area contributed by atoms with E-state index < -0.39 is 5.97 Å². The van der Waals surface area contributed by atoms with Gasteiger partial charge in [0.2, 0.25) is 0 Å². The molecular formula is C35H49N3O4. The number of ether oxygens (including phenoxy) is 1. The van der Waals surface area contributed by atoms with Crippen molar-refractivity contribution >= 4 is 12.1 Å². The van der Waals surface area contributed by atoms with Crippen molar-refractivity contribution in [1.82, 2.24) is 14.7 Å². The Labute approximate surface area is 251 Å². The monoisotopic (exact) mass is 575 g/mol. The highest BCUT2D eigenvalue weighted by Gasteiger charge is 2.43. The van der Waals surface area contributed by atoms with Gasteiger partial charge < -0.3 is 19.6 Å². The molecule has 2 aliphatic heterocycles. The third-order valence-electron chi connectivity index (χ3n) is 9.96. The third kappa shape index (κ3) is 7.73. The highest BCUT2D eigenvalue weighted by atomic mass is 16.6.